The fourth-order valence-electron chi connectivity index (χ4n) is 1.34. The molecule has 0 aliphatic rings. The number of imidazole rings is 1. The molecule has 0 aliphatic carbocycles. The van der Waals surface area contributed by atoms with E-state index in [0.29, 0.717) is 11.2 Å². The zero-order chi connectivity index (χ0) is 10.3. The van der Waals surface area contributed by atoms with Crippen LogP contribution in [0.5, 0.6) is 0 Å². The Morgan fingerprint density at radius 2 is 2.29 bits per heavy atom. The van der Waals surface area contributed by atoms with Crippen LogP contribution in [0.25, 0.3) is 11.2 Å². The van der Waals surface area contributed by atoms with E-state index in [-0.39, 0.29) is 16.9 Å². The van der Waals surface area contributed by atoms with Crippen LogP contribution >= 0.6 is 0 Å². The number of fused-ring (bicyclic) bond motifs is 1. The number of aromatic amines is 1. The van der Waals surface area contributed by atoms with Gasteiger partial charge in [0, 0.05) is 7.05 Å². The predicted molar refractivity (Wildman–Crippen MR) is 51.3 cm³/mol. The number of H-pyrrole nitrogens is 1. The second kappa shape index (κ2) is 2.80. The lowest BCUT2D eigenvalue weighted by atomic mass is 10.2. The van der Waals surface area contributed by atoms with Crippen LogP contribution < -0.4 is 5.56 Å². The summed E-state index contributed by atoms with van der Waals surface area (Å²) in [5, 5.41) is 0. The number of aryl methyl sites for hydroxylation is 1. The molecule has 0 saturated heterocycles. The molecule has 0 aromatic carbocycles. The molecule has 0 fully saturated rings. The van der Waals surface area contributed by atoms with Gasteiger partial charge < -0.3 is 9.55 Å². The molecule has 1 N–H and O–H groups in total. The van der Waals surface area contributed by atoms with Crippen LogP contribution in [0.2, 0.25) is 0 Å². The average Bonchev–Trinajstić information content (AvgIpc) is 2.46. The van der Waals surface area contributed by atoms with Crippen LogP contribution in [-0.2, 0) is 7.05 Å². The molecule has 5 nitrogen and oxygen atoms in total. The third kappa shape index (κ3) is 1.14. The Morgan fingerprint density at radius 3 is 2.93 bits per heavy atom. The maximum atomic E-state index is 11.4. The summed E-state index contributed by atoms with van der Waals surface area (Å²) < 4.78 is 1.70. The number of ketones is 1. The van der Waals surface area contributed by atoms with Crippen LogP contribution in [0.4, 0.5) is 0 Å². The number of nitrogens with zero attached hydrogens (tertiary/aromatic N) is 2. The first kappa shape index (κ1) is 8.68. The van der Waals surface area contributed by atoms with Gasteiger partial charge in [-0.2, -0.15) is 0 Å². The number of pyridine rings is 1. The van der Waals surface area contributed by atoms with Crippen LogP contribution in [0.1, 0.15) is 17.3 Å². The first-order valence-corrected chi connectivity index (χ1v) is 4.15. The number of carbonyl (C=O) groups is 1. The van der Waals surface area contributed by atoms with Gasteiger partial charge in [0.05, 0.1) is 11.9 Å². The van der Waals surface area contributed by atoms with Crippen molar-refractivity contribution in [2.24, 2.45) is 7.05 Å². The molecular weight excluding hydrogens is 182 g/mol. The first-order valence-electron chi connectivity index (χ1n) is 4.15. The Bertz CT molecular complexity index is 565. The molecular formula is C9H9N3O2. The second-order valence-electron chi connectivity index (χ2n) is 3.16. The SMILES string of the molecule is CC(=O)c1cc2ncn(C)c2[nH]c1=O. The average molecular weight is 191 g/mol. The summed E-state index contributed by atoms with van der Waals surface area (Å²) in [4.78, 5) is 29.1. The highest BCUT2D eigenvalue weighted by Crippen LogP contribution is 2.07. The van der Waals surface area contributed by atoms with Gasteiger partial charge in [0.2, 0.25) is 0 Å². The Kier molecular flexibility index (Phi) is 1.73. The van der Waals surface area contributed by atoms with Gasteiger partial charge in [0.15, 0.2) is 5.78 Å². The summed E-state index contributed by atoms with van der Waals surface area (Å²) >= 11 is 0. The largest absolute Gasteiger partial charge is 0.320 e. The molecule has 2 aromatic rings. The quantitative estimate of drug-likeness (QED) is 0.666. The second-order valence-corrected chi connectivity index (χ2v) is 3.16. The monoisotopic (exact) mass is 191 g/mol. The van der Waals surface area contributed by atoms with E-state index in [1.165, 1.54) is 13.0 Å². The highest BCUT2D eigenvalue weighted by Gasteiger charge is 2.09. The van der Waals surface area contributed by atoms with E-state index in [0.717, 1.165) is 0 Å². The van der Waals surface area contributed by atoms with E-state index in [1.54, 1.807) is 17.9 Å². The number of rotatable bonds is 1. The molecule has 2 heterocycles. The molecule has 0 bridgehead atoms. The van der Waals surface area contributed by atoms with E-state index in [2.05, 4.69) is 9.97 Å². The molecule has 0 atom stereocenters. The number of hydrogen-bond acceptors (Lipinski definition) is 3. The first-order chi connectivity index (χ1) is 6.59. The molecule has 2 aromatic heterocycles. The number of carbonyl (C=O) groups excluding carboxylic acids is 1. The molecule has 0 radical (unpaired) electrons. The van der Waals surface area contributed by atoms with Gasteiger partial charge >= 0.3 is 0 Å². The van der Waals surface area contributed by atoms with Crippen molar-refractivity contribution in [1.29, 1.82) is 0 Å². The highest BCUT2D eigenvalue weighted by molar-refractivity contribution is 5.96. The minimum atomic E-state index is -0.367. The van der Waals surface area contributed by atoms with Crippen LogP contribution in [0, 0.1) is 0 Å². The molecule has 14 heavy (non-hydrogen) atoms. The van der Waals surface area contributed by atoms with Crippen molar-refractivity contribution in [3.63, 3.8) is 0 Å². The van der Waals surface area contributed by atoms with E-state index in [1.807, 2.05) is 0 Å². The van der Waals surface area contributed by atoms with E-state index in [4.69, 9.17) is 0 Å². The molecule has 0 aliphatic heterocycles. The molecule has 0 unspecified atom stereocenters. The smallest absolute Gasteiger partial charge is 0.260 e. The number of aromatic nitrogens is 3. The lowest BCUT2D eigenvalue weighted by Gasteiger charge is -1.96. The molecule has 2 rings (SSSR count). The third-order valence-corrected chi connectivity index (χ3v) is 2.10. The van der Waals surface area contributed by atoms with Crippen molar-refractivity contribution in [2.45, 2.75) is 6.92 Å². The fourth-order valence-corrected chi connectivity index (χ4v) is 1.34. The van der Waals surface area contributed by atoms with Crippen LogP contribution in [0.3, 0.4) is 0 Å². The van der Waals surface area contributed by atoms with Crippen LogP contribution in [-0.4, -0.2) is 20.3 Å². The number of hydrogen-bond donors (Lipinski definition) is 1. The third-order valence-electron chi connectivity index (χ3n) is 2.10. The lowest BCUT2D eigenvalue weighted by molar-refractivity contribution is 0.101. The van der Waals surface area contributed by atoms with Gasteiger partial charge in [-0.3, -0.25) is 9.59 Å². The zero-order valence-corrected chi connectivity index (χ0v) is 7.87. The molecule has 0 amide bonds. The Hall–Kier alpha value is -1.91. The van der Waals surface area contributed by atoms with Crippen molar-refractivity contribution in [2.75, 3.05) is 0 Å². The maximum absolute atomic E-state index is 11.4. The molecule has 0 spiro atoms. The Morgan fingerprint density at radius 1 is 1.57 bits per heavy atom. The zero-order valence-electron chi connectivity index (χ0n) is 7.87. The lowest BCUT2D eigenvalue weighted by Crippen LogP contribution is -2.16. The molecule has 5 heteroatoms. The number of nitrogens with one attached hydrogen (secondary N) is 1. The van der Waals surface area contributed by atoms with Crippen molar-refractivity contribution in [3.8, 4) is 0 Å². The Labute approximate surface area is 79.4 Å². The van der Waals surface area contributed by atoms with E-state index < -0.39 is 0 Å². The van der Waals surface area contributed by atoms with Crippen molar-refractivity contribution < 1.29 is 4.79 Å². The van der Waals surface area contributed by atoms with Gasteiger partial charge in [-0.25, -0.2) is 4.98 Å². The van der Waals surface area contributed by atoms with Gasteiger partial charge in [0.1, 0.15) is 11.2 Å². The minimum absolute atomic E-state index is 0.149. The van der Waals surface area contributed by atoms with Gasteiger partial charge in [-0.1, -0.05) is 0 Å². The minimum Gasteiger partial charge on any atom is -0.320 e. The maximum Gasteiger partial charge on any atom is 0.260 e. The number of Topliss-reactive ketones (excluding diaryl/α,β-unsaturated/α-hetero) is 1. The van der Waals surface area contributed by atoms with E-state index >= 15 is 0 Å². The molecule has 72 valence electrons. The molecule has 0 saturated carbocycles. The summed E-state index contributed by atoms with van der Waals surface area (Å²) in [5.41, 5.74) is 1.03. The van der Waals surface area contributed by atoms with Crippen molar-refractivity contribution in [3.05, 3.63) is 28.3 Å². The van der Waals surface area contributed by atoms with Crippen molar-refractivity contribution in [1.82, 2.24) is 14.5 Å². The topological polar surface area (TPSA) is 67.8 Å². The standard InChI is InChI=1S/C9H9N3O2/c1-5(13)6-3-7-8(11-9(6)14)12(2)4-10-7/h3-4H,1-2H3,(H,11,14). The summed E-state index contributed by atoms with van der Waals surface area (Å²) in [6.07, 6.45) is 1.59. The summed E-state index contributed by atoms with van der Waals surface area (Å²) in [6.45, 7) is 1.36. The van der Waals surface area contributed by atoms with Gasteiger partial charge in [0.25, 0.3) is 5.56 Å². The fraction of sp³-hybridized carbons (Fsp3) is 0.222. The highest BCUT2D eigenvalue weighted by atomic mass is 16.1. The predicted octanol–water partition coefficient (Wildman–Crippen LogP) is 0.464. The summed E-state index contributed by atoms with van der Waals surface area (Å²) in [7, 11) is 1.78. The Balaban J connectivity index is 2.86. The van der Waals surface area contributed by atoms with Crippen molar-refractivity contribution >= 4 is 16.9 Å². The normalized spacial score (nSPS) is 10.7. The van der Waals surface area contributed by atoms with E-state index in [9.17, 15) is 9.59 Å². The summed E-state index contributed by atoms with van der Waals surface area (Å²) in [6, 6.07) is 1.51. The van der Waals surface area contributed by atoms with Gasteiger partial charge in [-0.05, 0) is 13.0 Å². The van der Waals surface area contributed by atoms with Crippen LogP contribution in [0.15, 0.2) is 17.2 Å². The summed E-state index contributed by atoms with van der Waals surface area (Å²) in [5.74, 6) is -0.251. The van der Waals surface area contributed by atoms with Gasteiger partial charge in [-0.15, -0.1) is 0 Å².